The Kier molecular flexibility index (Phi) is 7.91. The van der Waals surface area contributed by atoms with Gasteiger partial charge in [0.1, 0.15) is 12.4 Å². The highest BCUT2D eigenvalue weighted by molar-refractivity contribution is 5.79. The Balaban J connectivity index is 1.82. The Hall–Kier alpha value is -2.77. The molecule has 0 aliphatic carbocycles. The molecular formula is C19H23F3N4O. The summed E-state index contributed by atoms with van der Waals surface area (Å²) in [6.07, 6.45) is -2.00. The number of benzene rings is 1. The number of ether oxygens (including phenoxy) is 1. The van der Waals surface area contributed by atoms with Crippen molar-refractivity contribution in [3.05, 3.63) is 59.9 Å². The SMILES string of the molecule is CCNC(=NCCc1ccccn1)NCCOc1ccccc1C(F)(F)F. The summed E-state index contributed by atoms with van der Waals surface area (Å²) >= 11 is 0. The van der Waals surface area contributed by atoms with Crippen molar-refractivity contribution in [2.75, 3.05) is 26.2 Å². The highest BCUT2D eigenvalue weighted by atomic mass is 19.4. The molecule has 0 fully saturated rings. The molecule has 0 spiro atoms. The van der Waals surface area contributed by atoms with Crippen molar-refractivity contribution in [3.8, 4) is 5.75 Å². The van der Waals surface area contributed by atoms with Gasteiger partial charge >= 0.3 is 6.18 Å². The minimum atomic E-state index is -4.44. The van der Waals surface area contributed by atoms with E-state index in [0.29, 0.717) is 32.0 Å². The summed E-state index contributed by atoms with van der Waals surface area (Å²) in [6.45, 7) is 3.56. The summed E-state index contributed by atoms with van der Waals surface area (Å²) < 4.78 is 44.1. The number of para-hydroxylation sites is 1. The molecule has 1 heterocycles. The van der Waals surface area contributed by atoms with E-state index < -0.39 is 11.7 Å². The first-order valence-corrected chi connectivity index (χ1v) is 8.72. The van der Waals surface area contributed by atoms with Gasteiger partial charge < -0.3 is 15.4 Å². The van der Waals surface area contributed by atoms with Crippen molar-refractivity contribution in [1.29, 1.82) is 0 Å². The van der Waals surface area contributed by atoms with Crippen LogP contribution in [-0.2, 0) is 12.6 Å². The summed E-state index contributed by atoms with van der Waals surface area (Å²) in [5.41, 5.74) is 0.171. The molecule has 27 heavy (non-hydrogen) atoms. The second-order valence-electron chi connectivity index (χ2n) is 5.60. The van der Waals surface area contributed by atoms with Crippen molar-refractivity contribution < 1.29 is 17.9 Å². The molecule has 0 saturated heterocycles. The number of nitrogens with one attached hydrogen (secondary N) is 2. The fourth-order valence-corrected chi connectivity index (χ4v) is 2.33. The number of pyridine rings is 1. The molecular weight excluding hydrogens is 357 g/mol. The van der Waals surface area contributed by atoms with Crippen molar-refractivity contribution >= 4 is 5.96 Å². The van der Waals surface area contributed by atoms with Crippen molar-refractivity contribution in [2.45, 2.75) is 19.5 Å². The lowest BCUT2D eigenvalue weighted by Crippen LogP contribution is -2.39. The fourth-order valence-electron chi connectivity index (χ4n) is 2.33. The number of guanidine groups is 1. The molecule has 5 nitrogen and oxygen atoms in total. The predicted molar refractivity (Wildman–Crippen MR) is 98.9 cm³/mol. The maximum atomic E-state index is 12.9. The summed E-state index contributed by atoms with van der Waals surface area (Å²) in [5.74, 6) is 0.407. The van der Waals surface area contributed by atoms with E-state index in [1.807, 2.05) is 25.1 Å². The normalized spacial score (nSPS) is 11.9. The standard InChI is InChI=1S/C19H23F3N4O/c1-2-23-18(25-12-10-15-7-5-6-11-24-15)26-13-14-27-17-9-4-3-8-16(17)19(20,21)22/h3-9,11H,2,10,12-14H2,1H3,(H2,23,25,26). The number of aliphatic imine (C=N–C) groups is 1. The number of halogens is 3. The molecule has 0 atom stereocenters. The van der Waals surface area contributed by atoms with Gasteiger partial charge in [-0.15, -0.1) is 0 Å². The molecule has 0 bridgehead atoms. The van der Waals surface area contributed by atoms with E-state index in [1.54, 1.807) is 6.20 Å². The first kappa shape index (κ1) is 20.5. The lowest BCUT2D eigenvalue weighted by atomic mass is 10.2. The van der Waals surface area contributed by atoms with Gasteiger partial charge in [-0.1, -0.05) is 18.2 Å². The van der Waals surface area contributed by atoms with Crippen LogP contribution in [0, 0.1) is 0 Å². The van der Waals surface area contributed by atoms with E-state index in [2.05, 4.69) is 20.6 Å². The third kappa shape index (κ3) is 7.16. The van der Waals surface area contributed by atoms with E-state index in [9.17, 15) is 13.2 Å². The Morgan fingerprint density at radius 2 is 1.89 bits per heavy atom. The third-order valence-electron chi connectivity index (χ3n) is 3.55. The van der Waals surface area contributed by atoms with Crippen LogP contribution in [0.4, 0.5) is 13.2 Å². The van der Waals surface area contributed by atoms with Gasteiger partial charge in [-0.2, -0.15) is 13.2 Å². The van der Waals surface area contributed by atoms with E-state index in [1.165, 1.54) is 18.2 Å². The smallest absolute Gasteiger partial charge is 0.419 e. The number of rotatable bonds is 8. The second kappa shape index (κ2) is 10.4. The number of hydrogen-bond acceptors (Lipinski definition) is 3. The molecule has 0 amide bonds. The van der Waals surface area contributed by atoms with Gasteiger partial charge in [-0.05, 0) is 31.2 Å². The average molecular weight is 380 g/mol. The summed E-state index contributed by atoms with van der Waals surface area (Å²) in [7, 11) is 0. The number of hydrogen-bond donors (Lipinski definition) is 2. The summed E-state index contributed by atoms with van der Waals surface area (Å²) in [6, 6.07) is 10.9. The molecule has 2 aromatic rings. The molecule has 8 heteroatoms. The zero-order chi connectivity index (χ0) is 19.5. The molecule has 1 aromatic carbocycles. The van der Waals surface area contributed by atoms with Crippen LogP contribution >= 0.6 is 0 Å². The maximum Gasteiger partial charge on any atom is 0.419 e. The first-order chi connectivity index (χ1) is 13.0. The number of aromatic nitrogens is 1. The molecule has 0 unspecified atom stereocenters. The summed E-state index contributed by atoms with van der Waals surface area (Å²) in [5, 5.41) is 6.13. The van der Waals surface area contributed by atoms with E-state index >= 15 is 0 Å². The van der Waals surface area contributed by atoms with Crippen molar-refractivity contribution in [3.63, 3.8) is 0 Å². The molecule has 2 N–H and O–H groups in total. The van der Waals surface area contributed by atoms with Gasteiger partial charge in [0.2, 0.25) is 0 Å². The largest absolute Gasteiger partial charge is 0.491 e. The molecule has 0 aliphatic rings. The zero-order valence-corrected chi connectivity index (χ0v) is 15.1. The highest BCUT2D eigenvalue weighted by Gasteiger charge is 2.33. The summed E-state index contributed by atoms with van der Waals surface area (Å²) in [4.78, 5) is 8.67. The Labute approximate surface area is 156 Å². The second-order valence-corrected chi connectivity index (χ2v) is 5.60. The number of alkyl halides is 3. The van der Waals surface area contributed by atoms with Crippen LogP contribution < -0.4 is 15.4 Å². The van der Waals surface area contributed by atoms with Crippen LogP contribution in [0.3, 0.4) is 0 Å². The quantitative estimate of drug-likeness (QED) is 0.419. The first-order valence-electron chi connectivity index (χ1n) is 8.72. The van der Waals surface area contributed by atoms with Crippen LogP contribution in [0.15, 0.2) is 53.7 Å². The lowest BCUT2D eigenvalue weighted by molar-refractivity contribution is -0.138. The van der Waals surface area contributed by atoms with Crippen LogP contribution in [0.25, 0.3) is 0 Å². The molecule has 146 valence electrons. The Morgan fingerprint density at radius 1 is 1.11 bits per heavy atom. The predicted octanol–water partition coefficient (Wildman–Crippen LogP) is 3.28. The zero-order valence-electron chi connectivity index (χ0n) is 15.1. The molecule has 0 saturated carbocycles. The lowest BCUT2D eigenvalue weighted by Gasteiger charge is -2.15. The van der Waals surface area contributed by atoms with Crippen LogP contribution in [-0.4, -0.2) is 37.2 Å². The highest BCUT2D eigenvalue weighted by Crippen LogP contribution is 2.35. The third-order valence-corrected chi connectivity index (χ3v) is 3.55. The Bertz CT molecular complexity index is 720. The molecule has 0 aliphatic heterocycles. The van der Waals surface area contributed by atoms with Gasteiger partial charge in [-0.3, -0.25) is 9.98 Å². The number of nitrogens with zero attached hydrogens (tertiary/aromatic N) is 2. The minimum absolute atomic E-state index is 0.0811. The van der Waals surface area contributed by atoms with Crippen LogP contribution in [0.2, 0.25) is 0 Å². The van der Waals surface area contributed by atoms with Crippen LogP contribution in [0.1, 0.15) is 18.2 Å². The maximum absolute atomic E-state index is 12.9. The van der Waals surface area contributed by atoms with E-state index in [-0.39, 0.29) is 12.4 Å². The van der Waals surface area contributed by atoms with Crippen LogP contribution in [0.5, 0.6) is 5.75 Å². The van der Waals surface area contributed by atoms with Gasteiger partial charge in [-0.25, -0.2) is 0 Å². The molecule has 2 rings (SSSR count). The van der Waals surface area contributed by atoms with Crippen molar-refractivity contribution in [2.24, 2.45) is 4.99 Å². The van der Waals surface area contributed by atoms with Crippen molar-refractivity contribution in [1.82, 2.24) is 15.6 Å². The molecule has 0 radical (unpaired) electrons. The monoisotopic (exact) mass is 380 g/mol. The fraction of sp³-hybridized carbons (Fsp3) is 0.368. The van der Waals surface area contributed by atoms with E-state index in [0.717, 1.165) is 11.8 Å². The van der Waals surface area contributed by atoms with Gasteiger partial charge in [0.25, 0.3) is 0 Å². The van der Waals surface area contributed by atoms with E-state index in [4.69, 9.17) is 4.74 Å². The molecule has 1 aromatic heterocycles. The van der Waals surface area contributed by atoms with Gasteiger partial charge in [0.05, 0.1) is 12.1 Å². The average Bonchev–Trinajstić information content (AvgIpc) is 2.65. The minimum Gasteiger partial charge on any atom is -0.491 e. The Morgan fingerprint density at radius 3 is 2.59 bits per heavy atom. The topological polar surface area (TPSA) is 58.5 Å². The van der Waals surface area contributed by atoms with Gasteiger partial charge in [0.15, 0.2) is 5.96 Å². The van der Waals surface area contributed by atoms with Gasteiger partial charge in [0, 0.05) is 31.4 Å².